The summed E-state index contributed by atoms with van der Waals surface area (Å²) in [7, 11) is 3.12. The van der Waals surface area contributed by atoms with Crippen LogP contribution in [0, 0.1) is 17.8 Å². The average Bonchev–Trinajstić information content (AvgIpc) is 3.84. The lowest BCUT2D eigenvalue weighted by atomic mass is 9.91. The van der Waals surface area contributed by atoms with Gasteiger partial charge in [0, 0.05) is 43.5 Å². The van der Waals surface area contributed by atoms with E-state index >= 15 is 0 Å². The monoisotopic (exact) mass is 613 g/mol. The molecule has 3 heterocycles. The molecule has 2 aliphatic heterocycles. The maximum atomic E-state index is 14.1. The standard InChI is InChI=1S/C34H39N5O6/c1-38(18-20-8-4-3-5-9-20)34(44)30(40)26(16-21-14-15-35-31(21)41)37-32(42)29-23-11-6-10-22(23)19-39(29)33(43)27-17-24-25(36-27)12-7-13-28(24)45-2/h3-5,7-9,12-13,17,21-23,26,29,36H,6,10-11,14-16,18-19H2,1-2H3,(H,35,41)(H,37,42)/t21-,22-,23-,26-,29-/m0/s1. The molecule has 2 aromatic carbocycles. The molecule has 2 saturated heterocycles. The third-order valence-corrected chi connectivity index (χ3v) is 9.63. The van der Waals surface area contributed by atoms with Crippen molar-refractivity contribution in [3.8, 4) is 5.75 Å². The summed E-state index contributed by atoms with van der Waals surface area (Å²) in [5.74, 6) is -2.26. The molecular formula is C34H39N5O6. The lowest BCUT2D eigenvalue weighted by Gasteiger charge is -2.29. The van der Waals surface area contributed by atoms with Crippen LogP contribution in [-0.2, 0) is 25.7 Å². The fraction of sp³-hybridized carbons (Fsp3) is 0.441. The number of rotatable bonds is 10. The molecule has 236 valence electrons. The van der Waals surface area contributed by atoms with E-state index in [1.165, 1.54) is 4.90 Å². The van der Waals surface area contributed by atoms with Crippen molar-refractivity contribution < 1.29 is 28.7 Å². The van der Waals surface area contributed by atoms with Gasteiger partial charge in [-0.05, 0) is 61.3 Å². The van der Waals surface area contributed by atoms with Crippen LogP contribution in [0.5, 0.6) is 5.75 Å². The number of likely N-dealkylation sites (N-methyl/N-ethyl adjacent to an activating group) is 1. The number of aromatic amines is 1. The Morgan fingerprint density at radius 2 is 1.87 bits per heavy atom. The summed E-state index contributed by atoms with van der Waals surface area (Å²) in [5.41, 5.74) is 1.95. The van der Waals surface area contributed by atoms with Crippen molar-refractivity contribution in [2.45, 2.75) is 50.7 Å². The highest BCUT2D eigenvalue weighted by Gasteiger charge is 2.50. The zero-order valence-corrected chi connectivity index (χ0v) is 25.6. The lowest BCUT2D eigenvalue weighted by molar-refractivity contribution is -0.146. The fourth-order valence-electron chi connectivity index (χ4n) is 7.34. The van der Waals surface area contributed by atoms with Gasteiger partial charge in [0.25, 0.3) is 11.8 Å². The second kappa shape index (κ2) is 12.7. The SMILES string of the molecule is COc1cccc2[nH]c(C(=O)N3C[C@@H]4CCC[C@@H]4[C@H]3C(=O)N[C@@H](C[C@@H]3CCNC3=O)C(=O)C(=O)N(C)Cc3ccccc3)cc12. The van der Waals surface area contributed by atoms with Gasteiger partial charge in [-0.15, -0.1) is 0 Å². The van der Waals surface area contributed by atoms with Crippen LogP contribution in [0.1, 0.15) is 48.2 Å². The third kappa shape index (κ3) is 6.03. The Balaban J connectivity index is 1.24. The maximum Gasteiger partial charge on any atom is 0.292 e. The number of ether oxygens (including phenoxy) is 1. The number of likely N-dealkylation sites (tertiary alicyclic amines) is 1. The predicted octanol–water partition coefficient (Wildman–Crippen LogP) is 2.66. The largest absolute Gasteiger partial charge is 0.496 e. The van der Waals surface area contributed by atoms with Gasteiger partial charge >= 0.3 is 0 Å². The summed E-state index contributed by atoms with van der Waals surface area (Å²) in [6, 6.07) is 14.6. The first-order valence-electron chi connectivity index (χ1n) is 15.6. The number of aromatic nitrogens is 1. The number of carbonyl (C=O) groups excluding carboxylic acids is 5. The molecule has 3 aromatic rings. The van der Waals surface area contributed by atoms with Crippen LogP contribution < -0.4 is 15.4 Å². The van der Waals surface area contributed by atoms with Gasteiger partial charge in [-0.1, -0.05) is 42.8 Å². The van der Waals surface area contributed by atoms with Gasteiger partial charge in [0.05, 0.1) is 13.2 Å². The molecule has 5 atom stereocenters. The molecule has 3 fully saturated rings. The molecule has 0 bridgehead atoms. The van der Waals surface area contributed by atoms with Crippen molar-refractivity contribution in [2.24, 2.45) is 17.8 Å². The molecule has 4 amide bonds. The van der Waals surface area contributed by atoms with Crippen molar-refractivity contribution in [2.75, 3.05) is 27.2 Å². The quantitative estimate of drug-likeness (QED) is 0.301. The molecule has 0 unspecified atom stereocenters. The van der Waals surface area contributed by atoms with Gasteiger partial charge in [0.15, 0.2) is 0 Å². The summed E-state index contributed by atoms with van der Waals surface area (Å²) in [5, 5.41) is 6.40. The minimum atomic E-state index is -1.20. The minimum Gasteiger partial charge on any atom is -0.496 e. The van der Waals surface area contributed by atoms with E-state index < -0.39 is 35.6 Å². The van der Waals surface area contributed by atoms with Crippen molar-refractivity contribution >= 4 is 40.3 Å². The number of fused-ring (bicyclic) bond motifs is 2. The van der Waals surface area contributed by atoms with E-state index in [2.05, 4.69) is 15.6 Å². The van der Waals surface area contributed by atoms with Gasteiger partial charge < -0.3 is 30.2 Å². The van der Waals surface area contributed by atoms with E-state index in [0.717, 1.165) is 35.7 Å². The second-order valence-electron chi connectivity index (χ2n) is 12.4. The predicted molar refractivity (Wildman–Crippen MR) is 166 cm³/mol. The highest BCUT2D eigenvalue weighted by atomic mass is 16.5. The van der Waals surface area contributed by atoms with E-state index in [9.17, 15) is 24.0 Å². The molecule has 1 aromatic heterocycles. The number of carbonyl (C=O) groups is 5. The number of hydrogen-bond donors (Lipinski definition) is 3. The first-order valence-corrected chi connectivity index (χ1v) is 15.6. The summed E-state index contributed by atoms with van der Waals surface area (Å²) in [6.45, 7) is 1.13. The number of nitrogens with zero attached hydrogens (tertiary/aromatic N) is 2. The number of methoxy groups -OCH3 is 1. The van der Waals surface area contributed by atoms with Crippen LogP contribution in [0.2, 0.25) is 0 Å². The Morgan fingerprint density at radius 1 is 1.07 bits per heavy atom. The zero-order chi connectivity index (χ0) is 31.7. The fourth-order valence-corrected chi connectivity index (χ4v) is 7.34. The summed E-state index contributed by atoms with van der Waals surface area (Å²) in [4.78, 5) is 73.8. The lowest BCUT2D eigenvalue weighted by Crippen LogP contribution is -2.55. The number of nitrogens with one attached hydrogen (secondary N) is 3. The summed E-state index contributed by atoms with van der Waals surface area (Å²) >= 11 is 0. The summed E-state index contributed by atoms with van der Waals surface area (Å²) < 4.78 is 5.46. The zero-order valence-electron chi connectivity index (χ0n) is 25.6. The molecule has 0 spiro atoms. The number of amides is 4. The Labute approximate surface area is 261 Å². The second-order valence-corrected chi connectivity index (χ2v) is 12.4. The van der Waals surface area contributed by atoms with Crippen LogP contribution in [0.15, 0.2) is 54.6 Å². The van der Waals surface area contributed by atoms with Crippen molar-refractivity contribution in [3.05, 3.63) is 65.9 Å². The highest BCUT2D eigenvalue weighted by Crippen LogP contribution is 2.43. The maximum absolute atomic E-state index is 14.1. The van der Waals surface area contributed by atoms with E-state index in [4.69, 9.17) is 4.74 Å². The minimum absolute atomic E-state index is 0.0118. The first-order chi connectivity index (χ1) is 21.7. The summed E-state index contributed by atoms with van der Waals surface area (Å²) in [6.07, 6.45) is 3.17. The van der Waals surface area contributed by atoms with Gasteiger partial charge in [0.2, 0.25) is 17.6 Å². The van der Waals surface area contributed by atoms with Gasteiger partial charge in [-0.25, -0.2) is 0 Å². The Bertz CT molecular complexity index is 1620. The molecule has 3 N–H and O–H groups in total. The van der Waals surface area contributed by atoms with E-state index in [1.54, 1.807) is 25.1 Å². The molecule has 45 heavy (non-hydrogen) atoms. The number of ketones is 1. The molecule has 11 nitrogen and oxygen atoms in total. The first kappa shape index (κ1) is 30.4. The molecule has 1 saturated carbocycles. The van der Waals surface area contributed by atoms with Crippen LogP contribution in [-0.4, -0.2) is 83.5 Å². The molecule has 6 rings (SSSR count). The number of benzene rings is 2. The normalized spacial score (nSPS) is 23.0. The Hall–Kier alpha value is -4.67. The number of Topliss-reactive ketones (excluding diaryl/α,β-unsaturated/α-hetero) is 1. The Morgan fingerprint density at radius 3 is 2.60 bits per heavy atom. The molecule has 11 heteroatoms. The number of H-pyrrole nitrogens is 1. The van der Waals surface area contributed by atoms with Crippen LogP contribution >= 0.6 is 0 Å². The third-order valence-electron chi connectivity index (χ3n) is 9.63. The van der Waals surface area contributed by atoms with E-state index in [-0.39, 0.29) is 36.6 Å². The van der Waals surface area contributed by atoms with Gasteiger partial charge in [-0.2, -0.15) is 0 Å². The highest BCUT2D eigenvalue weighted by molar-refractivity contribution is 6.38. The smallest absolute Gasteiger partial charge is 0.292 e. The van der Waals surface area contributed by atoms with Gasteiger partial charge in [0.1, 0.15) is 17.5 Å². The van der Waals surface area contributed by atoms with Crippen molar-refractivity contribution in [1.29, 1.82) is 0 Å². The molecule has 0 radical (unpaired) electrons. The van der Waals surface area contributed by atoms with Crippen molar-refractivity contribution in [1.82, 2.24) is 25.4 Å². The van der Waals surface area contributed by atoms with Gasteiger partial charge in [-0.3, -0.25) is 24.0 Å². The molecular weight excluding hydrogens is 574 g/mol. The molecule has 1 aliphatic carbocycles. The van der Waals surface area contributed by atoms with E-state index in [0.29, 0.717) is 31.0 Å². The average molecular weight is 614 g/mol. The number of hydrogen-bond acceptors (Lipinski definition) is 6. The van der Waals surface area contributed by atoms with Crippen LogP contribution in [0.3, 0.4) is 0 Å². The van der Waals surface area contributed by atoms with E-state index in [1.807, 2.05) is 48.5 Å². The van der Waals surface area contributed by atoms with Crippen LogP contribution in [0.25, 0.3) is 10.9 Å². The van der Waals surface area contributed by atoms with Crippen LogP contribution in [0.4, 0.5) is 0 Å². The van der Waals surface area contributed by atoms with Crippen molar-refractivity contribution in [3.63, 3.8) is 0 Å². The topological polar surface area (TPSA) is 141 Å². The Kier molecular flexibility index (Phi) is 8.60. The molecule has 3 aliphatic rings.